The maximum Gasteiger partial charge on any atom is 0.254 e. The number of rotatable bonds is 7. The maximum atomic E-state index is 12.3. The number of halogens is 1. The smallest absolute Gasteiger partial charge is 0.254 e. The third kappa shape index (κ3) is 5.08. The molecule has 0 spiro atoms. The van der Waals surface area contributed by atoms with E-state index in [1.165, 1.54) is 18.0 Å². The van der Waals surface area contributed by atoms with Gasteiger partial charge in [0.05, 0.1) is 5.56 Å². The molecule has 0 aliphatic carbocycles. The summed E-state index contributed by atoms with van der Waals surface area (Å²) in [6, 6.07) is 13.8. The summed E-state index contributed by atoms with van der Waals surface area (Å²) in [6.07, 6.45) is 4.69. The third-order valence-corrected chi connectivity index (χ3v) is 4.71. The van der Waals surface area contributed by atoms with E-state index in [2.05, 4.69) is 33.6 Å². The Balaban J connectivity index is 1.59. The van der Waals surface area contributed by atoms with E-state index in [1.54, 1.807) is 0 Å². The zero-order valence-corrected chi connectivity index (χ0v) is 16.8. The van der Waals surface area contributed by atoms with Gasteiger partial charge in [0.25, 0.3) is 5.91 Å². The molecule has 0 unspecified atom stereocenters. The molecule has 0 aliphatic rings. The van der Waals surface area contributed by atoms with Gasteiger partial charge in [-0.3, -0.25) is 4.79 Å². The highest BCUT2D eigenvalue weighted by molar-refractivity contribution is 6.30. The molecule has 0 atom stereocenters. The van der Waals surface area contributed by atoms with Gasteiger partial charge in [-0.1, -0.05) is 48.9 Å². The Bertz CT molecular complexity index is 957. The molecular formula is C22H23ClN4O. The number of amides is 1. The van der Waals surface area contributed by atoms with Gasteiger partial charge >= 0.3 is 0 Å². The Morgan fingerprint density at radius 1 is 1.11 bits per heavy atom. The van der Waals surface area contributed by atoms with E-state index in [0.29, 0.717) is 29.5 Å². The first-order valence-electron chi connectivity index (χ1n) is 9.27. The van der Waals surface area contributed by atoms with Gasteiger partial charge in [0.2, 0.25) is 5.95 Å². The molecule has 5 nitrogen and oxygen atoms in total. The molecule has 1 aromatic heterocycles. The Kier molecular flexibility index (Phi) is 6.61. The topological polar surface area (TPSA) is 66.9 Å². The fraction of sp³-hybridized carbons (Fsp3) is 0.227. The molecular weight excluding hydrogens is 372 g/mol. The van der Waals surface area contributed by atoms with Crippen molar-refractivity contribution in [2.24, 2.45) is 0 Å². The van der Waals surface area contributed by atoms with E-state index in [4.69, 9.17) is 11.6 Å². The van der Waals surface area contributed by atoms with Crippen LogP contribution in [0.15, 0.2) is 54.9 Å². The fourth-order valence-electron chi connectivity index (χ4n) is 2.94. The zero-order chi connectivity index (χ0) is 19.9. The van der Waals surface area contributed by atoms with E-state index in [-0.39, 0.29) is 5.91 Å². The normalized spacial score (nSPS) is 10.5. The quantitative estimate of drug-likeness (QED) is 0.608. The average molecular weight is 395 g/mol. The van der Waals surface area contributed by atoms with Gasteiger partial charge in [-0.05, 0) is 48.6 Å². The number of para-hydroxylation sites is 1. The zero-order valence-electron chi connectivity index (χ0n) is 16.0. The van der Waals surface area contributed by atoms with Crippen LogP contribution in [0.25, 0.3) is 0 Å². The van der Waals surface area contributed by atoms with Crippen molar-refractivity contribution in [1.82, 2.24) is 15.3 Å². The van der Waals surface area contributed by atoms with Gasteiger partial charge in [-0.15, -0.1) is 0 Å². The number of carbonyl (C=O) groups excluding carboxylic acids is 1. The van der Waals surface area contributed by atoms with Crippen LogP contribution < -0.4 is 10.6 Å². The molecule has 3 rings (SSSR count). The lowest BCUT2D eigenvalue weighted by Gasteiger charge is -2.13. The summed E-state index contributed by atoms with van der Waals surface area (Å²) in [6.45, 7) is 4.67. The van der Waals surface area contributed by atoms with Crippen LogP contribution in [0.2, 0.25) is 5.02 Å². The van der Waals surface area contributed by atoms with Gasteiger partial charge in [0.1, 0.15) is 0 Å². The standard InChI is InChI=1S/C22H23ClN4O/c1-3-17-8-4-6-15(2)20(17)27-22-25-13-18(14-26-22)21(28)24-11-10-16-7-5-9-19(23)12-16/h4-9,12-14H,3,10-11H2,1-2H3,(H,24,28)(H,25,26,27). The molecule has 1 amide bonds. The predicted octanol–water partition coefficient (Wildman–Crippen LogP) is 4.72. The number of carbonyl (C=O) groups is 1. The Hall–Kier alpha value is -2.92. The second kappa shape index (κ2) is 9.33. The van der Waals surface area contributed by atoms with E-state index < -0.39 is 0 Å². The summed E-state index contributed by atoms with van der Waals surface area (Å²) in [4.78, 5) is 20.9. The van der Waals surface area contributed by atoms with Gasteiger partial charge in [-0.25, -0.2) is 9.97 Å². The Labute approximate surface area is 170 Å². The Morgan fingerprint density at radius 3 is 2.57 bits per heavy atom. The largest absolute Gasteiger partial charge is 0.352 e. The summed E-state index contributed by atoms with van der Waals surface area (Å²) in [5.41, 5.74) is 4.85. The van der Waals surface area contributed by atoms with Crippen molar-refractivity contribution in [2.75, 3.05) is 11.9 Å². The van der Waals surface area contributed by atoms with Crippen molar-refractivity contribution >= 4 is 29.1 Å². The molecule has 144 valence electrons. The second-order valence-corrected chi connectivity index (χ2v) is 6.96. The number of hydrogen-bond donors (Lipinski definition) is 2. The molecule has 1 heterocycles. The monoisotopic (exact) mass is 394 g/mol. The van der Waals surface area contributed by atoms with E-state index in [1.807, 2.05) is 43.3 Å². The predicted molar refractivity (Wildman–Crippen MR) is 113 cm³/mol. The summed E-state index contributed by atoms with van der Waals surface area (Å²) >= 11 is 5.97. The van der Waals surface area contributed by atoms with Gasteiger partial charge in [0.15, 0.2) is 0 Å². The molecule has 0 saturated carbocycles. The SMILES string of the molecule is CCc1cccc(C)c1Nc1ncc(C(=O)NCCc2cccc(Cl)c2)cn1. The minimum atomic E-state index is -0.196. The minimum absolute atomic E-state index is 0.196. The highest BCUT2D eigenvalue weighted by Gasteiger charge is 2.09. The highest BCUT2D eigenvalue weighted by atomic mass is 35.5. The molecule has 0 fully saturated rings. The molecule has 0 saturated heterocycles. The number of nitrogens with one attached hydrogen (secondary N) is 2. The van der Waals surface area contributed by atoms with E-state index in [9.17, 15) is 4.79 Å². The van der Waals surface area contributed by atoms with Crippen LogP contribution in [0, 0.1) is 6.92 Å². The number of aromatic nitrogens is 2. The maximum absolute atomic E-state index is 12.3. The first-order chi connectivity index (χ1) is 13.6. The molecule has 0 aliphatic heterocycles. The van der Waals surface area contributed by atoms with Crippen LogP contribution in [0.1, 0.15) is 34.0 Å². The van der Waals surface area contributed by atoms with Crippen molar-refractivity contribution in [3.63, 3.8) is 0 Å². The molecule has 6 heteroatoms. The highest BCUT2D eigenvalue weighted by Crippen LogP contribution is 2.23. The lowest BCUT2D eigenvalue weighted by molar-refractivity contribution is 0.0953. The van der Waals surface area contributed by atoms with Crippen LogP contribution in [0.4, 0.5) is 11.6 Å². The lowest BCUT2D eigenvalue weighted by Crippen LogP contribution is -2.26. The van der Waals surface area contributed by atoms with Crippen LogP contribution in [0.5, 0.6) is 0 Å². The number of anilines is 2. The average Bonchev–Trinajstić information content (AvgIpc) is 2.70. The van der Waals surface area contributed by atoms with E-state index in [0.717, 1.165) is 23.2 Å². The summed E-state index contributed by atoms with van der Waals surface area (Å²) in [5, 5.41) is 6.84. The van der Waals surface area contributed by atoms with Crippen LogP contribution >= 0.6 is 11.6 Å². The van der Waals surface area contributed by atoms with Gasteiger partial charge < -0.3 is 10.6 Å². The molecule has 0 radical (unpaired) electrons. The summed E-state index contributed by atoms with van der Waals surface area (Å²) in [7, 11) is 0. The number of aryl methyl sites for hydroxylation is 2. The van der Waals surface area contributed by atoms with Crippen LogP contribution in [-0.4, -0.2) is 22.4 Å². The molecule has 28 heavy (non-hydrogen) atoms. The van der Waals surface area contributed by atoms with Gasteiger partial charge in [0, 0.05) is 29.6 Å². The first kappa shape index (κ1) is 19.8. The lowest BCUT2D eigenvalue weighted by atomic mass is 10.1. The van der Waals surface area contributed by atoms with Crippen LogP contribution in [-0.2, 0) is 12.8 Å². The number of nitrogens with zero attached hydrogens (tertiary/aromatic N) is 2. The molecule has 0 bridgehead atoms. The number of hydrogen-bond acceptors (Lipinski definition) is 4. The third-order valence-electron chi connectivity index (χ3n) is 4.48. The van der Waals surface area contributed by atoms with E-state index >= 15 is 0 Å². The van der Waals surface area contributed by atoms with Crippen molar-refractivity contribution < 1.29 is 4.79 Å². The first-order valence-corrected chi connectivity index (χ1v) is 9.65. The second-order valence-electron chi connectivity index (χ2n) is 6.52. The van der Waals surface area contributed by atoms with Crippen molar-refractivity contribution in [3.8, 4) is 0 Å². The van der Waals surface area contributed by atoms with Crippen molar-refractivity contribution in [2.45, 2.75) is 26.7 Å². The molecule has 2 aromatic carbocycles. The molecule has 3 aromatic rings. The molecule has 2 N–H and O–H groups in total. The van der Waals surface area contributed by atoms with Gasteiger partial charge in [-0.2, -0.15) is 0 Å². The van der Waals surface area contributed by atoms with Crippen molar-refractivity contribution in [1.29, 1.82) is 0 Å². The van der Waals surface area contributed by atoms with Crippen molar-refractivity contribution in [3.05, 3.63) is 82.1 Å². The minimum Gasteiger partial charge on any atom is -0.352 e. The summed E-state index contributed by atoms with van der Waals surface area (Å²) < 4.78 is 0. The fourth-order valence-corrected chi connectivity index (χ4v) is 3.15. The summed E-state index contributed by atoms with van der Waals surface area (Å²) in [5.74, 6) is 0.276. The Morgan fingerprint density at radius 2 is 1.86 bits per heavy atom. The number of benzene rings is 2. The van der Waals surface area contributed by atoms with Crippen LogP contribution in [0.3, 0.4) is 0 Å².